The van der Waals surface area contributed by atoms with Crippen LogP contribution in [0.25, 0.3) is 0 Å². The lowest BCUT2D eigenvalue weighted by atomic mass is 9.79. The van der Waals surface area contributed by atoms with Gasteiger partial charge in [0, 0.05) is 18.2 Å². The predicted molar refractivity (Wildman–Crippen MR) is 81.3 cm³/mol. The monoisotopic (exact) mass is 298 g/mol. The van der Waals surface area contributed by atoms with Crippen LogP contribution in [0, 0.1) is 5.92 Å². The van der Waals surface area contributed by atoms with Gasteiger partial charge in [-0.1, -0.05) is 37.6 Å². The zero-order chi connectivity index (χ0) is 15.0. The molecule has 1 unspecified atom stereocenters. The Hall–Kier alpha value is -1.06. The molecule has 0 spiro atoms. The van der Waals surface area contributed by atoms with Crippen molar-refractivity contribution in [3.8, 4) is 0 Å². The molecule has 1 saturated heterocycles. The van der Waals surface area contributed by atoms with Gasteiger partial charge >= 0.3 is 5.97 Å². The summed E-state index contributed by atoms with van der Waals surface area (Å²) in [6.45, 7) is 5.46. The highest BCUT2D eigenvalue weighted by Gasteiger charge is 2.27. The Kier molecular flexibility index (Phi) is 7.63. The Bertz CT molecular complexity index is 397. The van der Waals surface area contributed by atoms with Crippen LogP contribution in [0.2, 0.25) is 5.02 Å². The van der Waals surface area contributed by atoms with Gasteiger partial charge < -0.3 is 9.84 Å². The van der Waals surface area contributed by atoms with E-state index in [1.807, 2.05) is 38.1 Å². The van der Waals surface area contributed by atoms with Crippen LogP contribution in [-0.4, -0.2) is 24.3 Å². The zero-order valence-corrected chi connectivity index (χ0v) is 12.9. The summed E-state index contributed by atoms with van der Waals surface area (Å²) < 4.78 is 5.34. The predicted octanol–water partition coefficient (Wildman–Crippen LogP) is 4.35. The molecule has 0 amide bonds. The number of carboxylic acid groups (broad SMARTS) is 1. The highest BCUT2D eigenvalue weighted by atomic mass is 35.5. The first-order valence-electron chi connectivity index (χ1n) is 7.22. The number of rotatable bonds is 4. The third kappa shape index (κ3) is 5.14. The Labute approximate surface area is 125 Å². The van der Waals surface area contributed by atoms with E-state index in [0.717, 1.165) is 31.6 Å². The SMILES string of the molecule is CC.O=C(O)CC(c1ccc(Cl)cc1)C1CCOCC1. The van der Waals surface area contributed by atoms with E-state index in [4.69, 9.17) is 21.4 Å². The molecule has 2 rings (SSSR count). The first kappa shape index (κ1) is 17.0. The smallest absolute Gasteiger partial charge is 0.303 e. The molecule has 1 fully saturated rings. The molecule has 1 aliphatic rings. The summed E-state index contributed by atoms with van der Waals surface area (Å²) in [4.78, 5) is 11.0. The minimum atomic E-state index is -0.749. The van der Waals surface area contributed by atoms with Crippen molar-refractivity contribution in [2.45, 2.75) is 39.0 Å². The fraction of sp³-hybridized carbons (Fsp3) is 0.562. The largest absolute Gasteiger partial charge is 0.481 e. The Morgan fingerprint density at radius 2 is 1.85 bits per heavy atom. The van der Waals surface area contributed by atoms with Gasteiger partial charge in [0.1, 0.15) is 0 Å². The summed E-state index contributed by atoms with van der Waals surface area (Å²) in [7, 11) is 0. The van der Waals surface area contributed by atoms with Gasteiger partial charge in [-0.3, -0.25) is 4.79 Å². The molecule has 1 aliphatic heterocycles. The second kappa shape index (κ2) is 8.98. The van der Waals surface area contributed by atoms with Crippen molar-refractivity contribution in [3.63, 3.8) is 0 Å². The van der Waals surface area contributed by atoms with Crippen molar-refractivity contribution >= 4 is 17.6 Å². The number of halogens is 1. The maximum atomic E-state index is 11.0. The summed E-state index contributed by atoms with van der Waals surface area (Å²) in [5.74, 6) is -0.305. The molecule has 0 saturated carbocycles. The van der Waals surface area contributed by atoms with E-state index in [-0.39, 0.29) is 12.3 Å². The minimum Gasteiger partial charge on any atom is -0.481 e. The first-order valence-corrected chi connectivity index (χ1v) is 7.59. The number of carbonyl (C=O) groups is 1. The molecule has 0 bridgehead atoms. The van der Waals surface area contributed by atoms with E-state index in [2.05, 4.69) is 0 Å². The Morgan fingerprint density at radius 3 is 2.35 bits per heavy atom. The number of aliphatic carboxylic acids is 1. The van der Waals surface area contributed by atoms with Crippen LogP contribution >= 0.6 is 11.6 Å². The second-order valence-corrected chi connectivity index (χ2v) is 5.14. The summed E-state index contributed by atoms with van der Waals surface area (Å²) >= 11 is 5.87. The van der Waals surface area contributed by atoms with Crippen LogP contribution in [0.15, 0.2) is 24.3 Å². The van der Waals surface area contributed by atoms with Gasteiger partial charge in [-0.2, -0.15) is 0 Å². The summed E-state index contributed by atoms with van der Waals surface area (Å²) in [5.41, 5.74) is 1.06. The fourth-order valence-corrected chi connectivity index (χ4v) is 2.70. The molecule has 112 valence electrons. The van der Waals surface area contributed by atoms with Gasteiger partial charge in [0.05, 0.1) is 6.42 Å². The molecular weight excluding hydrogens is 276 g/mol. The van der Waals surface area contributed by atoms with Gasteiger partial charge in [0.25, 0.3) is 0 Å². The molecule has 3 nitrogen and oxygen atoms in total. The second-order valence-electron chi connectivity index (χ2n) is 4.71. The summed E-state index contributed by atoms with van der Waals surface area (Å²) in [6.07, 6.45) is 2.04. The number of ether oxygens (including phenoxy) is 1. The average Bonchev–Trinajstić information content (AvgIpc) is 2.49. The standard InChI is InChI=1S/C14H17ClO3.C2H6/c15-12-3-1-10(2-4-12)13(9-14(16)17)11-5-7-18-8-6-11;1-2/h1-4,11,13H,5-9H2,(H,16,17);1-2H3. The van der Waals surface area contributed by atoms with Crippen molar-refractivity contribution in [3.05, 3.63) is 34.9 Å². The topological polar surface area (TPSA) is 46.5 Å². The molecule has 1 aromatic rings. The van der Waals surface area contributed by atoms with Crippen molar-refractivity contribution < 1.29 is 14.6 Å². The minimum absolute atomic E-state index is 0.0590. The molecule has 0 aliphatic carbocycles. The third-order valence-electron chi connectivity index (χ3n) is 3.53. The van der Waals surface area contributed by atoms with Crippen molar-refractivity contribution in [2.24, 2.45) is 5.92 Å². The molecule has 1 aromatic carbocycles. The van der Waals surface area contributed by atoms with E-state index >= 15 is 0 Å². The van der Waals surface area contributed by atoms with Gasteiger partial charge in [-0.15, -0.1) is 0 Å². The summed E-state index contributed by atoms with van der Waals surface area (Å²) in [6, 6.07) is 7.52. The van der Waals surface area contributed by atoms with E-state index in [0.29, 0.717) is 10.9 Å². The molecule has 0 aromatic heterocycles. The number of hydrogen-bond acceptors (Lipinski definition) is 2. The highest BCUT2D eigenvalue weighted by Crippen LogP contribution is 2.35. The lowest BCUT2D eigenvalue weighted by Crippen LogP contribution is -2.24. The zero-order valence-electron chi connectivity index (χ0n) is 12.1. The maximum Gasteiger partial charge on any atom is 0.303 e. The number of benzene rings is 1. The van der Waals surface area contributed by atoms with E-state index in [1.54, 1.807) is 0 Å². The van der Waals surface area contributed by atoms with Crippen molar-refractivity contribution in [1.82, 2.24) is 0 Å². The Balaban J connectivity index is 0.000000956. The van der Waals surface area contributed by atoms with Crippen molar-refractivity contribution in [2.75, 3.05) is 13.2 Å². The third-order valence-corrected chi connectivity index (χ3v) is 3.78. The van der Waals surface area contributed by atoms with E-state index in [1.165, 1.54) is 0 Å². The number of hydrogen-bond donors (Lipinski definition) is 1. The molecule has 1 heterocycles. The number of carboxylic acids is 1. The van der Waals surface area contributed by atoms with Crippen LogP contribution < -0.4 is 0 Å². The molecular formula is C16H23ClO3. The van der Waals surface area contributed by atoms with Crippen molar-refractivity contribution in [1.29, 1.82) is 0 Å². The fourth-order valence-electron chi connectivity index (χ4n) is 2.57. The molecule has 1 N–H and O–H groups in total. The van der Waals surface area contributed by atoms with Crippen LogP contribution in [0.3, 0.4) is 0 Å². The molecule has 20 heavy (non-hydrogen) atoms. The van der Waals surface area contributed by atoms with Crippen LogP contribution in [0.5, 0.6) is 0 Å². The molecule has 4 heteroatoms. The Morgan fingerprint density at radius 1 is 1.30 bits per heavy atom. The molecule has 0 radical (unpaired) electrons. The average molecular weight is 299 g/mol. The van der Waals surface area contributed by atoms with Crippen LogP contribution in [0.1, 0.15) is 44.6 Å². The van der Waals surface area contributed by atoms with E-state index < -0.39 is 5.97 Å². The van der Waals surface area contributed by atoms with Gasteiger partial charge in [0.2, 0.25) is 0 Å². The molecule has 1 atom stereocenters. The van der Waals surface area contributed by atoms with Gasteiger partial charge in [-0.05, 0) is 42.4 Å². The highest BCUT2D eigenvalue weighted by molar-refractivity contribution is 6.30. The van der Waals surface area contributed by atoms with Crippen LogP contribution in [0.4, 0.5) is 0 Å². The van der Waals surface area contributed by atoms with Gasteiger partial charge in [0.15, 0.2) is 0 Å². The van der Waals surface area contributed by atoms with Gasteiger partial charge in [-0.25, -0.2) is 0 Å². The lowest BCUT2D eigenvalue weighted by Gasteiger charge is -2.29. The van der Waals surface area contributed by atoms with Crippen LogP contribution in [-0.2, 0) is 9.53 Å². The normalized spacial score (nSPS) is 16.9. The summed E-state index contributed by atoms with van der Waals surface area (Å²) in [5, 5.41) is 9.75. The lowest BCUT2D eigenvalue weighted by molar-refractivity contribution is -0.138. The van der Waals surface area contributed by atoms with E-state index in [9.17, 15) is 4.79 Å². The quantitative estimate of drug-likeness (QED) is 0.899. The maximum absolute atomic E-state index is 11.0. The first-order chi connectivity index (χ1) is 9.66.